The van der Waals surface area contributed by atoms with Crippen molar-refractivity contribution in [3.8, 4) is 0 Å². The third-order valence-electron chi connectivity index (χ3n) is 1.79. The van der Waals surface area contributed by atoms with E-state index in [4.69, 9.17) is 40.5 Å². The third-order valence-corrected chi connectivity index (χ3v) is 2.83. The average Bonchev–Trinajstić information content (AvgIpc) is 2.12. The highest BCUT2D eigenvalue weighted by atomic mass is 35.5. The van der Waals surface area contributed by atoms with E-state index in [1.54, 1.807) is 6.92 Å². The van der Waals surface area contributed by atoms with Crippen molar-refractivity contribution in [1.82, 2.24) is 0 Å². The van der Waals surface area contributed by atoms with Crippen molar-refractivity contribution in [1.29, 1.82) is 0 Å². The number of carbonyl (C=O) groups is 1. The number of carbonyl (C=O) groups excluding carboxylic acids is 1. The fourth-order valence-electron chi connectivity index (χ4n) is 1.11. The van der Waals surface area contributed by atoms with Crippen LogP contribution in [-0.4, -0.2) is 11.9 Å². The molecule has 0 aliphatic rings. The Hall–Kier alpha value is -0.480. The minimum Gasteiger partial charge on any atom is -0.327 e. The summed E-state index contributed by atoms with van der Waals surface area (Å²) in [6, 6.07) is 2.78. The van der Waals surface area contributed by atoms with Crippen LogP contribution in [0, 0.1) is 0 Å². The van der Waals surface area contributed by atoms with Crippen LogP contribution in [0.5, 0.6) is 0 Å². The van der Waals surface area contributed by atoms with Crippen LogP contribution >= 0.6 is 34.8 Å². The van der Waals surface area contributed by atoms with Gasteiger partial charge in [0.2, 0.25) is 5.91 Å². The Morgan fingerprint density at radius 3 is 2.44 bits per heavy atom. The van der Waals surface area contributed by atoms with Crippen LogP contribution < -0.4 is 11.1 Å². The molecule has 0 bridgehead atoms. The monoisotopic (exact) mass is 280 g/mol. The lowest BCUT2D eigenvalue weighted by molar-refractivity contribution is -0.116. The van der Waals surface area contributed by atoms with E-state index in [2.05, 4.69) is 5.32 Å². The van der Waals surface area contributed by atoms with Gasteiger partial charge in [-0.3, -0.25) is 4.79 Å². The summed E-state index contributed by atoms with van der Waals surface area (Å²) in [5.74, 6) is -0.213. The van der Waals surface area contributed by atoms with Crippen LogP contribution in [0.25, 0.3) is 0 Å². The van der Waals surface area contributed by atoms with Gasteiger partial charge in [0.05, 0.1) is 20.8 Å². The first-order chi connectivity index (χ1) is 7.40. The highest BCUT2D eigenvalue weighted by molar-refractivity contribution is 6.44. The Morgan fingerprint density at radius 1 is 1.31 bits per heavy atom. The molecule has 3 N–H and O–H groups in total. The average molecular weight is 282 g/mol. The van der Waals surface area contributed by atoms with Crippen LogP contribution in [0.15, 0.2) is 12.1 Å². The smallest absolute Gasteiger partial charge is 0.225 e. The molecular formula is C10H11Cl3N2O. The number of amides is 1. The first-order valence-electron chi connectivity index (χ1n) is 4.60. The zero-order valence-corrected chi connectivity index (χ0v) is 10.8. The number of rotatable bonds is 3. The molecule has 3 nitrogen and oxygen atoms in total. The van der Waals surface area contributed by atoms with E-state index >= 15 is 0 Å². The minimum absolute atomic E-state index is 0.207. The Bertz CT molecular complexity index is 407. The zero-order chi connectivity index (χ0) is 12.3. The van der Waals surface area contributed by atoms with Crippen LogP contribution in [-0.2, 0) is 4.79 Å². The largest absolute Gasteiger partial charge is 0.327 e. The molecule has 0 spiro atoms. The number of hydrogen-bond acceptors (Lipinski definition) is 2. The number of hydrogen-bond donors (Lipinski definition) is 2. The van der Waals surface area contributed by atoms with Crippen molar-refractivity contribution in [2.75, 3.05) is 5.32 Å². The van der Waals surface area contributed by atoms with E-state index < -0.39 is 0 Å². The summed E-state index contributed by atoms with van der Waals surface area (Å²) in [7, 11) is 0. The molecule has 1 amide bonds. The molecular weight excluding hydrogens is 270 g/mol. The van der Waals surface area contributed by atoms with Gasteiger partial charge in [-0.1, -0.05) is 34.8 Å². The van der Waals surface area contributed by atoms with Gasteiger partial charge in [0.1, 0.15) is 0 Å². The van der Waals surface area contributed by atoms with Gasteiger partial charge < -0.3 is 11.1 Å². The Morgan fingerprint density at radius 2 is 1.88 bits per heavy atom. The van der Waals surface area contributed by atoms with Crippen molar-refractivity contribution in [2.24, 2.45) is 5.73 Å². The fraction of sp³-hybridized carbons (Fsp3) is 0.300. The van der Waals surface area contributed by atoms with E-state index in [-0.39, 0.29) is 18.4 Å². The van der Waals surface area contributed by atoms with Gasteiger partial charge in [-0.05, 0) is 19.1 Å². The normalized spacial score (nSPS) is 12.3. The number of benzene rings is 1. The first-order valence-corrected chi connectivity index (χ1v) is 5.73. The summed E-state index contributed by atoms with van der Waals surface area (Å²) < 4.78 is 0. The van der Waals surface area contributed by atoms with Gasteiger partial charge in [-0.25, -0.2) is 0 Å². The molecule has 88 valence electrons. The van der Waals surface area contributed by atoms with Crippen molar-refractivity contribution < 1.29 is 4.79 Å². The molecule has 0 heterocycles. The summed E-state index contributed by atoms with van der Waals surface area (Å²) in [4.78, 5) is 11.4. The SMILES string of the molecule is CC(N)CC(=O)Nc1cc(Cl)c(Cl)cc1Cl. The van der Waals surface area contributed by atoms with E-state index in [0.29, 0.717) is 20.8 Å². The van der Waals surface area contributed by atoms with Crippen molar-refractivity contribution >= 4 is 46.4 Å². The van der Waals surface area contributed by atoms with Gasteiger partial charge >= 0.3 is 0 Å². The summed E-state index contributed by atoms with van der Waals surface area (Å²) >= 11 is 17.5. The molecule has 1 aromatic carbocycles. The zero-order valence-electron chi connectivity index (χ0n) is 8.56. The van der Waals surface area contributed by atoms with Crippen molar-refractivity contribution in [3.05, 3.63) is 27.2 Å². The quantitative estimate of drug-likeness (QED) is 0.835. The highest BCUT2D eigenvalue weighted by Crippen LogP contribution is 2.32. The summed E-state index contributed by atoms with van der Waals surface area (Å²) in [5.41, 5.74) is 5.93. The van der Waals surface area contributed by atoms with E-state index in [9.17, 15) is 4.79 Å². The Labute approximate surface area is 109 Å². The predicted molar refractivity (Wildman–Crippen MR) is 68.4 cm³/mol. The topological polar surface area (TPSA) is 55.1 Å². The van der Waals surface area contributed by atoms with Gasteiger partial charge in [-0.2, -0.15) is 0 Å². The lowest BCUT2D eigenvalue weighted by atomic mass is 10.2. The lowest BCUT2D eigenvalue weighted by Gasteiger charge is -2.09. The molecule has 0 aromatic heterocycles. The molecule has 0 aliphatic carbocycles. The van der Waals surface area contributed by atoms with Crippen LogP contribution in [0.4, 0.5) is 5.69 Å². The number of nitrogens with two attached hydrogens (primary N) is 1. The molecule has 1 atom stereocenters. The van der Waals surface area contributed by atoms with Gasteiger partial charge in [0, 0.05) is 12.5 Å². The van der Waals surface area contributed by atoms with E-state index in [1.165, 1.54) is 12.1 Å². The molecule has 0 fully saturated rings. The second kappa shape index (κ2) is 5.73. The fourth-order valence-corrected chi connectivity index (χ4v) is 1.71. The van der Waals surface area contributed by atoms with Crippen molar-refractivity contribution in [3.63, 3.8) is 0 Å². The Kier molecular flexibility index (Phi) is 4.87. The predicted octanol–water partition coefficient (Wildman–Crippen LogP) is 3.32. The molecule has 6 heteroatoms. The summed E-state index contributed by atoms with van der Waals surface area (Å²) in [6.07, 6.45) is 0.219. The number of nitrogens with one attached hydrogen (secondary N) is 1. The van der Waals surface area contributed by atoms with Gasteiger partial charge in [-0.15, -0.1) is 0 Å². The van der Waals surface area contributed by atoms with E-state index in [0.717, 1.165) is 0 Å². The molecule has 0 aliphatic heterocycles. The van der Waals surface area contributed by atoms with Crippen LogP contribution in [0.2, 0.25) is 15.1 Å². The summed E-state index contributed by atoms with van der Waals surface area (Å²) in [5, 5.41) is 3.64. The molecule has 16 heavy (non-hydrogen) atoms. The molecule has 1 rings (SSSR count). The van der Waals surface area contributed by atoms with Crippen molar-refractivity contribution in [2.45, 2.75) is 19.4 Å². The molecule has 0 saturated heterocycles. The van der Waals surface area contributed by atoms with E-state index in [1.807, 2.05) is 0 Å². The highest BCUT2D eigenvalue weighted by Gasteiger charge is 2.10. The second-order valence-corrected chi connectivity index (χ2v) is 4.70. The van der Waals surface area contributed by atoms with Crippen LogP contribution in [0.3, 0.4) is 0 Å². The first kappa shape index (κ1) is 13.6. The molecule has 0 saturated carbocycles. The van der Waals surface area contributed by atoms with Crippen LogP contribution in [0.1, 0.15) is 13.3 Å². The molecule has 1 unspecified atom stereocenters. The minimum atomic E-state index is -0.213. The maximum absolute atomic E-state index is 11.4. The molecule has 1 aromatic rings. The second-order valence-electron chi connectivity index (χ2n) is 3.48. The Balaban J connectivity index is 2.81. The lowest BCUT2D eigenvalue weighted by Crippen LogP contribution is -2.24. The summed E-state index contributed by atoms with van der Waals surface area (Å²) in [6.45, 7) is 1.75. The van der Waals surface area contributed by atoms with Gasteiger partial charge in [0.15, 0.2) is 0 Å². The number of anilines is 1. The third kappa shape index (κ3) is 3.83. The maximum Gasteiger partial charge on any atom is 0.225 e. The standard InChI is InChI=1S/C10H11Cl3N2O/c1-5(14)2-10(16)15-9-4-7(12)6(11)3-8(9)13/h3-5H,2,14H2,1H3,(H,15,16). The molecule has 0 radical (unpaired) electrons. The van der Waals surface area contributed by atoms with Gasteiger partial charge in [0.25, 0.3) is 0 Å². The number of halogens is 3. The maximum atomic E-state index is 11.4.